The zero-order valence-corrected chi connectivity index (χ0v) is 13.9. The molecule has 0 aliphatic heterocycles. The van der Waals surface area contributed by atoms with Crippen molar-refractivity contribution in [3.8, 4) is 0 Å². The van der Waals surface area contributed by atoms with Gasteiger partial charge in [0.15, 0.2) is 0 Å². The van der Waals surface area contributed by atoms with E-state index in [-0.39, 0.29) is 4.90 Å². The van der Waals surface area contributed by atoms with E-state index in [0.29, 0.717) is 16.1 Å². The maximum Gasteiger partial charge on any atom is 0.264 e. The number of nitrogens with one attached hydrogen (secondary N) is 1. The molecule has 2 aromatic carbocycles. The lowest BCUT2D eigenvalue weighted by Gasteiger charge is -2.10. The van der Waals surface area contributed by atoms with Gasteiger partial charge in [-0.15, -0.1) is 0 Å². The highest BCUT2D eigenvalue weighted by atomic mass is 32.2. The molecule has 1 N–H and O–H groups in total. The number of hydrogen-bond acceptors (Lipinski definition) is 4. The van der Waals surface area contributed by atoms with Crippen LogP contribution in [-0.4, -0.2) is 23.9 Å². The summed E-state index contributed by atoms with van der Waals surface area (Å²) >= 11 is 0. The van der Waals surface area contributed by atoms with Crippen molar-refractivity contribution in [2.45, 2.75) is 9.79 Å². The summed E-state index contributed by atoms with van der Waals surface area (Å²) in [5, 5.41) is 0.757. The Morgan fingerprint density at radius 3 is 2.39 bits per heavy atom. The quantitative estimate of drug-likeness (QED) is 0.788. The standard InChI is InChI=1S/C16H14N2O3S2/c1-22(19)14-9-7-13(8-10-14)18-23(20,21)15-6-2-4-12-5-3-11-17-16(12)15/h2-11,18H,1H3/t22-/m0/s1. The molecule has 1 heterocycles. The van der Waals surface area contributed by atoms with E-state index in [4.69, 9.17) is 0 Å². The Morgan fingerprint density at radius 2 is 1.70 bits per heavy atom. The lowest BCUT2D eigenvalue weighted by Crippen LogP contribution is -2.13. The molecule has 3 rings (SSSR count). The Kier molecular flexibility index (Phi) is 4.14. The molecule has 3 aromatic rings. The van der Waals surface area contributed by atoms with Gasteiger partial charge in [0, 0.05) is 39.2 Å². The summed E-state index contributed by atoms with van der Waals surface area (Å²) < 4.78 is 39.1. The zero-order valence-electron chi connectivity index (χ0n) is 12.3. The summed E-state index contributed by atoms with van der Waals surface area (Å²) in [5.41, 5.74) is 0.834. The van der Waals surface area contributed by atoms with Gasteiger partial charge in [0.25, 0.3) is 10.0 Å². The molecule has 1 aromatic heterocycles. The number of anilines is 1. The van der Waals surface area contributed by atoms with Crippen molar-refractivity contribution >= 4 is 37.4 Å². The van der Waals surface area contributed by atoms with Gasteiger partial charge in [-0.05, 0) is 36.4 Å². The Balaban J connectivity index is 1.99. The SMILES string of the molecule is C[S@](=O)c1ccc(NS(=O)(=O)c2cccc3cccnc23)cc1. The van der Waals surface area contributed by atoms with E-state index < -0.39 is 20.8 Å². The van der Waals surface area contributed by atoms with Gasteiger partial charge in [-0.1, -0.05) is 18.2 Å². The second kappa shape index (κ2) is 6.10. The number of fused-ring (bicyclic) bond motifs is 1. The fourth-order valence-corrected chi connectivity index (χ4v) is 3.98. The molecule has 23 heavy (non-hydrogen) atoms. The van der Waals surface area contributed by atoms with Gasteiger partial charge in [0.2, 0.25) is 0 Å². The van der Waals surface area contributed by atoms with E-state index >= 15 is 0 Å². The van der Waals surface area contributed by atoms with E-state index in [9.17, 15) is 12.6 Å². The second-order valence-corrected chi connectivity index (χ2v) is 7.95. The molecule has 7 heteroatoms. The van der Waals surface area contributed by atoms with Crippen molar-refractivity contribution in [1.29, 1.82) is 0 Å². The maximum absolute atomic E-state index is 12.6. The molecule has 0 unspecified atom stereocenters. The molecule has 118 valence electrons. The number of para-hydroxylation sites is 1. The van der Waals surface area contributed by atoms with E-state index in [1.54, 1.807) is 48.9 Å². The van der Waals surface area contributed by atoms with Gasteiger partial charge >= 0.3 is 0 Å². The molecular formula is C16H14N2O3S2. The predicted molar refractivity (Wildman–Crippen MR) is 91.3 cm³/mol. The third-order valence-corrected chi connectivity index (χ3v) is 5.67. The minimum Gasteiger partial charge on any atom is -0.280 e. The van der Waals surface area contributed by atoms with Gasteiger partial charge in [0.1, 0.15) is 4.90 Å². The van der Waals surface area contributed by atoms with Crippen LogP contribution in [0.4, 0.5) is 5.69 Å². The lowest BCUT2D eigenvalue weighted by molar-refractivity contribution is 0.602. The molecule has 0 aliphatic rings. The monoisotopic (exact) mass is 346 g/mol. The van der Waals surface area contributed by atoms with E-state index in [1.807, 2.05) is 12.1 Å². The average Bonchev–Trinajstić information content (AvgIpc) is 2.54. The first-order valence-electron chi connectivity index (χ1n) is 6.77. The topological polar surface area (TPSA) is 76.1 Å². The molecular weight excluding hydrogens is 332 g/mol. The van der Waals surface area contributed by atoms with Crippen LogP contribution in [0.15, 0.2) is 70.6 Å². The minimum atomic E-state index is -3.76. The summed E-state index contributed by atoms with van der Waals surface area (Å²) in [6.07, 6.45) is 3.13. The summed E-state index contributed by atoms with van der Waals surface area (Å²) in [5.74, 6) is 0. The summed E-state index contributed by atoms with van der Waals surface area (Å²) in [7, 11) is -4.86. The first kappa shape index (κ1) is 15.6. The van der Waals surface area contributed by atoms with Crippen LogP contribution in [0.25, 0.3) is 10.9 Å². The average molecular weight is 346 g/mol. The van der Waals surface area contributed by atoms with E-state index in [1.165, 1.54) is 6.07 Å². The van der Waals surface area contributed by atoms with Crippen molar-refractivity contribution in [2.75, 3.05) is 11.0 Å². The molecule has 0 radical (unpaired) electrons. The van der Waals surface area contributed by atoms with Crippen LogP contribution in [0.1, 0.15) is 0 Å². The predicted octanol–water partition coefficient (Wildman–Crippen LogP) is 2.77. The maximum atomic E-state index is 12.6. The number of nitrogens with zero attached hydrogens (tertiary/aromatic N) is 1. The Labute approximate surface area is 136 Å². The van der Waals surface area contributed by atoms with Crippen molar-refractivity contribution in [2.24, 2.45) is 0 Å². The number of benzene rings is 2. The van der Waals surface area contributed by atoms with Crippen LogP contribution in [0.2, 0.25) is 0 Å². The normalized spacial score (nSPS) is 12.9. The summed E-state index contributed by atoms with van der Waals surface area (Å²) in [6.45, 7) is 0. The number of pyridine rings is 1. The molecule has 0 bridgehead atoms. The van der Waals surface area contributed by atoms with Crippen LogP contribution >= 0.6 is 0 Å². The van der Waals surface area contributed by atoms with Crippen molar-refractivity contribution in [1.82, 2.24) is 4.98 Å². The number of rotatable bonds is 4. The molecule has 5 nitrogen and oxygen atoms in total. The number of hydrogen-bond donors (Lipinski definition) is 1. The van der Waals surface area contributed by atoms with Crippen LogP contribution < -0.4 is 4.72 Å². The second-order valence-electron chi connectivity index (χ2n) is 4.92. The van der Waals surface area contributed by atoms with Crippen LogP contribution in [-0.2, 0) is 20.8 Å². The van der Waals surface area contributed by atoms with Gasteiger partial charge in [0.05, 0.1) is 5.52 Å². The number of sulfonamides is 1. The van der Waals surface area contributed by atoms with Crippen molar-refractivity contribution in [3.63, 3.8) is 0 Å². The Morgan fingerprint density at radius 1 is 1.00 bits per heavy atom. The Hall–Kier alpha value is -2.25. The molecule has 0 aliphatic carbocycles. The molecule has 0 spiro atoms. The van der Waals surface area contributed by atoms with E-state index in [0.717, 1.165) is 5.39 Å². The lowest BCUT2D eigenvalue weighted by atomic mass is 10.2. The highest BCUT2D eigenvalue weighted by molar-refractivity contribution is 7.93. The van der Waals surface area contributed by atoms with Gasteiger partial charge in [-0.2, -0.15) is 0 Å². The van der Waals surface area contributed by atoms with Gasteiger partial charge < -0.3 is 0 Å². The highest BCUT2D eigenvalue weighted by Gasteiger charge is 2.18. The minimum absolute atomic E-state index is 0.124. The molecule has 0 amide bonds. The zero-order chi connectivity index (χ0) is 16.4. The van der Waals surface area contributed by atoms with E-state index in [2.05, 4.69) is 9.71 Å². The molecule has 1 atom stereocenters. The molecule has 0 saturated heterocycles. The van der Waals surface area contributed by atoms with Crippen molar-refractivity contribution in [3.05, 3.63) is 60.8 Å². The highest BCUT2D eigenvalue weighted by Crippen LogP contribution is 2.23. The number of aromatic nitrogens is 1. The summed E-state index contributed by atoms with van der Waals surface area (Å²) in [4.78, 5) is 4.93. The largest absolute Gasteiger partial charge is 0.280 e. The smallest absolute Gasteiger partial charge is 0.264 e. The fourth-order valence-electron chi connectivity index (χ4n) is 2.22. The van der Waals surface area contributed by atoms with Gasteiger partial charge in [-0.3, -0.25) is 13.9 Å². The first-order chi connectivity index (χ1) is 11.0. The fraction of sp³-hybridized carbons (Fsp3) is 0.0625. The third kappa shape index (κ3) is 3.25. The Bertz CT molecular complexity index is 978. The van der Waals surface area contributed by atoms with Crippen LogP contribution in [0.3, 0.4) is 0 Å². The third-order valence-electron chi connectivity index (χ3n) is 3.32. The van der Waals surface area contributed by atoms with Gasteiger partial charge in [-0.25, -0.2) is 8.42 Å². The van der Waals surface area contributed by atoms with Crippen molar-refractivity contribution < 1.29 is 12.6 Å². The molecule has 0 saturated carbocycles. The van der Waals surface area contributed by atoms with Crippen LogP contribution in [0, 0.1) is 0 Å². The summed E-state index contributed by atoms with van der Waals surface area (Å²) in [6, 6.07) is 15.0. The first-order valence-corrected chi connectivity index (χ1v) is 9.81. The van der Waals surface area contributed by atoms with Crippen LogP contribution in [0.5, 0.6) is 0 Å². The molecule has 0 fully saturated rings.